The molecule has 0 aliphatic heterocycles. The Morgan fingerprint density at radius 1 is 1.26 bits per heavy atom. The van der Waals surface area contributed by atoms with E-state index in [4.69, 9.17) is 11.6 Å². The monoisotopic (exact) mass is 352 g/mol. The Morgan fingerprint density at radius 2 is 2.11 bits per heavy atom. The summed E-state index contributed by atoms with van der Waals surface area (Å²) in [6.07, 6.45) is 3.48. The molecule has 0 amide bonds. The van der Waals surface area contributed by atoms with Crippen LogP contribution < -0.4 is 0 Å². The van der Waals surface area contributed by atoms with Crippen LogP contribution in [0.4, 0.5) is 0 Å². The Kier molecular flexibility index (Phi) is 3.35. The summed E-state index contributed by atoms with van der Waals surface area (Å²) in [5, 5.41) is 0.406. The molecular weight excluding hydrogens is 348 g/mol. The third-order valence-electron chi connectivity index (χ3n) is 2.57. The van der Waals surface area contributed by atoms with Crippen LogP contribution in [0.3, 0.4) is 0 Å². The van der Waals surface area contributed by atoms with E-state index in [1.54, 1.807) is 30.6 Å². The molecule has 94 valence electrons. The van der Waals surface area contributed by atoms with Gasteiger partial charge in [-0.3, -0.25) is 9.78 Å². The molecule has 0 unspecified atom stereocenters. The van der Waals surface area contributed by atoms with Crippen LogP contribution >= 0.6 is 38.9 Å². The average Bonchev–Trinajstić information content (AvgIpc) is 2.81. The van der Waals surface area contributed by atoms with Gasteiger partial charge in [-0.05, 0) is 51.8 Å². The van der Waals surface area contributed by atoms with Crippen LogP contribution in [-0.4, -0.2) is 15.2 Å². The fourth-order valence-electron chi connectivity index (χ4n) is 1.70. The van der Waals surface area contributed by atoms with E-state index in [1.165, 1.54) is 11.3 Å². The maximum Gasteiger partial charge on any atom is 0.252 e. The van der Waals surface area contributed by atoms with Crippen molar-refractivity contribution in [1.29, 1.82) is 0 Å². The van der Waals surface area contributed by atoms with Gasteiger partial charge in [-0.2, -0.15) is 0 Å². The number of carbonyl (C=O) groups excluding carboxylic acids is 1. The van der Waals surface area contributed by atoms with Gasteiger partial charge < -0.3 is 0 Å². The van der Waals surface area contributed by atoms with Crippen LogP contribution in [-0.2, 0) is 0 Å². The minimum atomic E-state index is -0.457. The average molecular weight is 354 g/mol. The molecule has 0 atom stereocenters. The highest BCUT2D eigenvalue weighted by Crippen LogP contribution is 2.31. The standard InChI is InChI=1S/C13H6BrClN2OS/c14-9-3-8(5-16-6-9)13-17-10-2-1-7(12(15)18)4-11(10)19-13/h1-6H. The molecule has 0 saturated carbocycles. The van der Waals surface area contributed by atoms with Gasteiger partial charge in [0, 0.05) is 28.0 Å². The summed E-state index contributed by atoms with van der Waals surface area (Å²) in [7, 11) is 0. The lowest BCUT2D eigenvalue weighted by Gasteiger charge is -1.94. The van der Waals surface area contributed by atoms with E-state index in [0.29, 0.717) is 5.56 Å². The maximum atomic E-state index is 11.1. The first-order valence-corrected chi connectivity index (χ1v) is 7.33. The highest BCUT2D eigenvalue weighted by molar-refractivity contribution is 9.10. The van der Waals surface area contributed by atoms with Crippen molar-refractivity contribution in [2.24, 2.45) is 0 Å². The molecule has 0 aliphatic rings. The van der Waals surface area contributed by atoms with E-state index in [-0.39, 0.29) is 0 Å². The zero-order valence-corrected chi connectivity index (χ0v) is 12.6. The molecule has 3 aromatic rings. The third-order valence-corrected chi connectivity index (χ3v) is 4.29. The highest BCUT2D eigenvalue weighted by atomic mass is 79.9. The number of thiazole rings is 1. The van der Waals surface area contributed by atoms with Crippen LogP contribution in [0.15, 0.2) is 41.1 Å². The number of carbonyl (C=O) groups is 1. The van der Waals surface area contributed by atoms with E-state index < -0.39 is 5.24 Å². The molecule has 0 bridgehead atoms. The molecule has 0 radical (unpaired) electrons. The summed E-state index contributed by atoms with van der Waals surface area (Å²) in [6.45, 7) is 0. The van der Waals surface area contributed by atoms with Crippen molar-refractivity contribution in [3.63, 3.8) is 0 Å². The van der Waals surface area contributed by atoms with Crippen LogP contribution in [0.1, 0.15) is 10.4 Å². The van der Waals surface area contributed by atoms with Crippen LogP contribution in [0.5, 0.6) is 0 Å². The van der Waals surface area contributed by atoms with Crippen molar-refractivity contribution < 1.29 is 4.79 Å². The van der Waals surface area contributed by atoms with Gasteiger partial charge in [0.1, 0.15) is 5.01 Å². The molecule has 19 heavy (non-hydrogen) atoms. The van der Waals surface area contributed by atoms with Crippen LogP contribution in [0.2, 0.25) is 0 Å². The molecule has 6 heteroatoms. The zero-order chi connectivity index (χ0) is 13.4. The number of halogens is 2. The minimum Gasteiger partial charge on any atom is -0.276 e. The van der Waals surface area contributed by atoms with E-state index in [1.807, 2.05) is 6.07 Å². The van der Waals surface area contributed by atoms with Crippen LogP contribution in [0.25, 0.3) is 20.8 Å². The summed E-state index contributed by atoms with van der Waals surface area (Å²) in [6, 6.07) is 7.20. The molecule has 1 aromatic carbocycles. The summed E-state index contributed by atoms with van der Waals surface area (Å²) in [4.78, 5) is 19.8. The van der Waals surface area contributed by atoms with Gasteiger partial charge in [0.2, 0.25) is 0 Å². The number of nitrogens with zero attached hydrogens (tertiary/aromatic N) is 2. The first-order valence-electron chi connectivity index (χ1n) is 5.35. The second-order valence-corrected chi connectivity index (χ2v) is 6.16. The first-order chi connectivity index (χ1) is 9.13. The predicted octanol–water partition coefficient (Wildman–Crippen LogP) is 4.50. The van der Waals surface area contributed by atoms with Gasteiger partial charge in [-0.25, -0.2) is 4.98 Å². The van der Waals surface area contributed by atoms with Crippen molar-refractivity contribution in [3.05, 3.63) is 46.7 Å². The summed E-state index contributed by atoms with van der Waals surface area (Å²) < 4.78 is 1.84. The smallest absolute Gasteiger partial charge is 0.252 e. The van der Waals surface area contributed by atoms with E-state index in [0.717, 1.165) is 25.3 Å². The summed E-state index contributed by atoms with van der Waals surface area (Å²) in [5.74, 6) is 0. The SMILES string of the molecule is O=C(Cl)c1ccc2nc(-c3cncc(Br)c3)sc2c1. The zero-order valence-electron chi connectivity index (χ0n) is 9.43. The largest absolute Gasteiger partial charge is 0.276 e. The number of hydrogen-bond acceptors (Lipinski definition) is 4. The van der Waals surface area contributed by atoms with Gasteiger partial charge >= 0.3 is 0 Å². The normalized spacial score (nSPS) is 10.8. The molecule has 3 rings (SSSR count). The van der Waals surface area contributed by atoms with Crippen LogP contribution in [0, 0.1) is 0 Å². The molecule has 0 spiro atoms. The Bertz CT molecular complexity index is 787. The second-order valence-electron chi connectivity index (χ2n) is 3.87. The van der Waals surface area contributed by atoms with Crippen molar-refractivity contribution in [3.8, 4) is 10.6 Å². The topological polar surface area (TPSA) is 42.9 Å². The number of pyridine rings is 1. The Morgan fingerprint density at radius 3 is 2.84 bits per heavy atom. The Labute approximate surface area is 126 Å². The molecule has 2 heterocycles. The fraction of sp³-hybridized carbons (Fsp3) is 0. The lowest BCUT2D eigenvalue weighted by atomic mass is 10.2. The molecule has 0 fully saturated rings. The van der Waals surface area contributed by atoms with E-state index >= 15 is 0 Å². The van der Waals surface area contributed by atoms with Gasteiger partial charge in [0.15, 0.2) is 0 Å². The second kappa shape index (κ2) is 5.00. The number of aromatic nitrogens is 2. The third kappa shape index (κ3) is 2.54. The minimum absolute atomic E-state index is 0.457. The predicted molar refractivity (Wildman–Crippen MR) is 80.7 cm³/mol. The quantitative estimate of drug-likeness (QED) is 0.637. The number of fused-ring (bicyclic) bond motifs is 1. The molecule has 2 aromatic heterocycles. The van der Waals surface area contributed by atoms with Crippen molar-refractivity contribution >= 4 is 54.3 Å². The van der Waals surface area contributed by atoms with Gasteiger partial charge in [-0.1, -0.05) is 0 Å². The van der Waals surface area contributed by atoms with Crippen molar-refractivity contribution in [1.82, 2.24) is 9.97 Å². The molecule has 0 aliphatic carbocycles. The molecule has 0 N–H and O–H groups in total. The fourth-order valence-corrected chi connectivity index (χ4v) is 3.17. The highest BCUT2D eigenvalue weighted by Gasteiger charge is 2.09. The van der Waals surface area contributed by atoms with Gasteiger partial charge in [0.25, 0.3) is 5.24 Å². The first kappa shape index (κ1) is 12.7. The lowest BCUT2D eigenvalue weighted by molar-refractivity contribution is 0.108. The van der Waals surface area contributed by atoms with Crippen molar-refractivity contribution in [2.75, 3.05) is 0 Å². The maximum absolute atomic E-state index is 11.1. The number of rotatable bonds is 2. The van der Waals surface area contributed by atoms with Crippen molar-refractivity contribution in [2.45, 2.75) is 0 Å². The van der Waals surface area contributed by atoms with E-state index in [9.17, 15) is 4.79 Å². The Hall–Kier alpha value is -1.30. The van der Waals surface area contributed by atoms with E-state index in [2.05, 4.69) is 25.9 Å². The Balaban J connectivity index is 2.14. The van der Waals surface area contributed by atoms with Gasteiger partial charge in [0.05, 0.1) is 10.2 Å². The number of benzene rings is 1. The van der Waals surface area contributed by atoms with Gasteiger partial charge in [-0.15, -0.1) is 11.3 Å². The summed E-state index contributed by atoms with van der Waals surface area (Å²) in [5.41, 5.74) is 2.27. The molecular formula is C13H6BrClN2OS. The summed E-state index contributed by atoms with van der Waals surface area (Å²) >= 11 is 10.4. The molecule has 3 nitrogen and oxygen atoms in total. The number of hydrogen-bond donors (Lipinski definition) is 0. The molecule has 0 saturated heterocycles. The lowest BCUT2D eigenvalue weighted by Crippen LogP contribution is -1.86.